The van der Waals surface area contributed by atoms with E-state index in [2.05, 4.69) is 0 Å². The molecule has 0 radical (unpaired) electrons. The molecule has 0 aromatic heterocycles. The fourth-order valence-electron chi connectivity index (χ4n) is 0.902. The quantitative estimate of drug-likeness (QED) is 0.363. The Bertz CT molecular complexity index is 147. The van der Waals surface area contributed by atoms with Crippen LogP contribution in [0.3, 0.4) is 0 Å². The Morgan fingerprint density at radius 2 is 2.00 bits per heavy atom. The van der Waals surface area contributed by atoms with E-state index in [0.717, 1.165) is 19.3 Å². The smallest absolute Gasteiger partial charge is 0.434 e. The summed E-state index contributed by atoms with van der Waals surface area (Å²) >= 11 is 0. The molecule has 4 heteroatoms. The SMILES string of the molecule is CCCCOC(=O)OC(CCC)OC. The van der Waals surface area contributed by atoms with Gasteiger partial charge in [-0.05, 0) is 6.42 Å². The molecular weight excluding hydrogens is 184 g/mol. The maximum absolute atomic E-state index is 11.0. The lowest BCUT2D eigenvalue weighted by Crippen LogP contribution is -2.20. The van der Waals surface area contributed by atoms with Gasteiger partial charge in [-0.2, -0.15) is 0 Å². The highest BCUT2D eigenvalue weighted by Crippen LogP contribution is 2.04. The number of ether oxygens (including phenoxy) is 3. The summed E-state index contributed by atoms with van der Waals surface area (Å²) in [5, 5.41) is 0. The fourth-order valence-corrected chi connectivity index (χ4v) is 0.902. The molecule has 14 heavy (non-hydrogen) atoms. The van der Waals surface area contributed by atoms with Crippen molar-refractivity contribution < 1.29 is 19.0 Å². The third kappa shape index (κ3) is 6.71. The minimum atomic E-state index is -0.640. The van der Waals surface area contributed by atoms with Gasteiger partial charge in [0.25, 0.3) is 0 Å². The molecular formula is C10H20O4. The molecule has 84 valence electrons. The molecule has 0 saturated carbocycles. The molecule has 0 rings (SSSR count). The van der Waals surface area contributed by atoms with Crippen LogP contribution in [0.1, 0.15) is 39.5 Å². The Labute approximate surface area is 85.5 Å². The Morgan fingerprint density at radius 1 is 1.29 bits per heavy atom. The van der Waals surface area contributed by atoms with Crippen LogP contribution in [0.4, 0.5) is 4.79 Å². The van der Waals surface area contributed by atoms with E-state index in [4.69, 9.17) is 14.2 Å². The average molecular weight is 204 g/mol. The van der Waals surface area contributed by atoms with Gasteiger partial charge in [0.1, 0.15) is 0 Å². The standard InChI is InChI=1S/C10H20O4/c1-4-6-8-13-10(11)14-9(12-3)7-5-2/h9H,4-8H2,1-3H3. The first-order valence-electron chi connectivity index (χ1n) is 5.10. The Balaban J connectivity index is 3.56. The number of rotatable bonds is 7. The van der Waals surface area contributed by atoms with Gasteiger partial charge in [0.15, 0.2) is 0 Å². The van der Waals surface area contributed by atoms with Gasteiger partial charge in [0, 0.05) is 13.5 Å². The van der Waals surface area contributed by atoms with Crippen molar-refractivity contribution in [2.75, 3.05) is 13.7 Å². The summed E-state index contributed by atoms with van der Waals surface area (Å²) < 4.78 is 14.7. The lowest BCUT2D eigenvalue weighted by molar-refractivity contribution is -0.107. The van der Waals surface area contributed by atoms with E-state index in [1.165, 1.54) is 7.11 Å². The highest BCUT2D eigenvalue weighted by molar-refractivity contribution is 5.59. The van der Waals surface area contributed by atoms with E-state index in [0.29, 0.717) is 13.0 Å². The Morgan fingerprint density at radius 3 is 2.50 bits per heavy atom. The first kappa shape index (κ1) is 13.2. The van der Waals surface area contributed by atoms with E-state index in [9.17, 15) is 4.79 Å². The largest absolute Gasteiger partial charge is 0.510 e. The number of hydrogen-bond donors (Lipinski definition) is 0. The summed E-state index contributed by atoms with van der Waals surface area (Å²) in [7, 11) is 1.51. The molecule has 4 nitrogen and oxygen atoms in total. The van der Waals surface area contributed by atoms with E-state index < -0.39 is 12.4 Å². The molecule has 0 aliphatic carbocycles. The van der Waals surface area contributed by atoms with E-state index in [1.54, 1.807) is 0 Å². The van der Waals surface area contributed by atoms with Gasteiger partial charge >= 0.3 is 6.16 Å². The first-order chi connectivity index (χ1) is 6.74. The zero-order valence-corrected chi connectivity index (χ0v) is 9.25. The third-order valence-electron chi connectivity index (χ3n) is 1.73. The number of unbranched alkanes of at least 4 members (excludes halogenated alkanes) is 1. The average Bonchev–Trinajstić information content (AvgIpc) is 2.17. The van der Waals surface area contributed by atoms with Crippen molar-refractivity contribution in [2.45, 2.75) is 45.8 Å². The lowest BCUT2D eigenvalue weighted by Gasteiger charge is -2.14. The number of carbonyl (C=O) groups is 1. The van der Waals surface area contributed by atoms with Crippen LogP contribution in [0.25, 0.3) is 0 Å². The van der Waals surface area contributed by atoms with Gasteiger partial charge in [-0.15, -0.1) is 0 Å². The summed E-state index contributed by atoms with van der Waals surface area (Å²) in [6, 6.07) is 0. The predicted molar refractivity (Wildman–Crippen MR) is 53.0 cm³/mol. The molecule has 0 saturated heterocycles. The van der Waals surface area contributed by atoms with Crippen LogP contribution in [0.5, 0.6) is 0 Å². The Kier molecular flexibility index (Phi) is 8.33. The van der Waals surface area contributed by atoms with Gasteiger partial charge in [-0.25, -0.2) is 4.79 Å². The van der Waals surface area contributed by atoms with Crippen molar-refractivity contribution in [3.8, 4) is 0 Å². The molecule has 0 fully saturated rings. The molecule has 0 spiro atoms. The molecule has 0 N–H and O–H groups in total. The molecule has 0 aromatic carbocycles. The van der Waals surface area contributed by atoms with Crippen LogP contribution in [0.15, 0.2) is 0 Å². The van der Waals surface area contributed by atoms with E-state index in [-0.39, 0.29) is 0 Å². The highest BCUT2D eigenvalue weighted by Gasteiger charge is 2.12. The van der Waals surface area contributed by atoms with Crippen LogP contribution in [-0.4, -0.2) is 26.2 Å². The van der Waals surface area contributed by atoms with E-state index >= 15 is 0 Å². The van der Waals surface area contributed by atoms with Crippen molar-refractivity contribution in [1.82, 2.24) is 0 Å². The zero-order chi connectivity index (χ0) is 10.8. The first-order valence-corrected chi connectivity index (χ1v) is 5.10. The highest BCUT2D eigenvalue weighted by atomic mass is 16.8. The van der Waals surface area contributed by atoms with Gasteiger partial charge in [0.05, 0.1) is 6.61 Å². The summed E-state index contributed by atoms with van der Waals surface area (Å²) in [4.78, 5) is 11.0. The molecule has 0 amide bonds. The molecule has 0 bridgehead atoms. The van der Waals surface area contributed by atoms with Crippen molar-refractivity contribution in [1.29, 1.82) is 0 Å². The second-order valence-corrected chi connectivity index (χ2v) is 3.02. The molecule has 0 aliphatic rings. The summed E-state index contributed by atoms with van der Waals surface area (Å²) in [5.41, 5.74) is 0. The maximum atomic E-state index is 11.0. The van der Waals surface area contributed by atoms with Crippen molar-refractivity contribution in [3.63, 3.8) is 0 Å². The molecule has 0 heterocycles. The summed E-state index contributed by atoms with van der Waals surface area (Å²) in [6.07, 6.45) is 2.34. The number of hydrogen-bond acceptors (Lipinski definition) is 4. The van der Waals surface area contributed by atoms with Crippen molar-refractivity contribution in [3.05, 3.63) is 0 Å². The minimum absolute atomic E-state index is 0.415. The van der Waals surface area contributed by atoms with Gasteiger partial charge in [-0.1, -0.05) is 26.7 Å². The molecule has 1 unspecified atom stereocenters. The van der Waals surface area contributed by atoms with Gasteiger partial charge < -0.3 is 14.2 Å². The van der Waals surface area contributed by atoms with Crippen LogP contribution < -0.4 is 0 Å². The summed E-state index contributed by atoms with van der Waals surface area (Å²) in [5.74, 6) is 0. The molecule has 0 aromatic rings. The van der Waals surface area contributed by atoms with Crippen molar-refractivity contribution in [2.24, 2.45) is 0 Å². The van der Waals surface area contributed by atoms with Crippen LogP contribution in [0.2, 0.25) is 0 Å². The zero-order valence-electron chi connectivity index (χ0n) is 9.25. The van der Waals surface area contributed by atoms with Crippen molar-refractivity contribution >= 4 is 6.16 Å². The third-order valence-corrected chi connectivity index (χ3v) is 1.73. The number of methoxy groups -OCH3 is 1. The Hall–Kier alpha value is -0.770. The predicted octanol–water partition coefficient (Wildman–Crippen LogP) is 2.71. The van der Waals surface area contributed by atoms with Gasteiger partial charge in [-0.3, -0.25) is 0 Å². The topological polar surface area (TPSA) is 44.8 Å². The van der Waals surface area contributed by atoms with E-state index in [1.807, 2.05) is 13.8 Å². The molecule has 1 atom stereocenters. The maximum Gasteiger partial charge on any atom is 0.510 e. The van der Waals surface area contributed by atoms with Crippen LogP contribution in [0, 0.1) is 0 Å². The fraction of sp³-hybridized carbons (Fsp3) is 0.900. The monoisotopic (exact) mass is 204 g/mol. The second-order valence-electron chi connectivity index (χ2n) is 3.02. The minimum Gasteiger partial charge on any atom is -0.434 e. The van der Waals surface area contributed by atoms with Gasteiger partial charge in [0.2, 0.25) is 6.29 Å². The summed E-state index contributed by atoms with van der Waals surface area (Å²) in [6.45, 7) is 4.44. The lowest BCUT2D eigenvalue weighted by atomic mass is 10.3. The van der Waals surface area contributed by atoms with Crippen LogP contribution >= 0.6 is 0 Å². The van der Waals surface area contributed by atoms with Crippen LogP contribution in [-0.2, 0) is 14.2 Å². The second kappa shape index (κ2) is 8.81. The normalized spacial score (nSPS) is 12.2. The number of carbonyl (C=O) groups excluding carboxylic acids is 1. The molecule has 0 aliphatic heterocycles.